The summed E-state index contributed by atoms with van der Waals surface area (Å²) in [7, 11) is 0. The number of halogens is 4. The van der Waals surface area contributed by atoms with Crippen molar-refractivity contribution < 1.29 is 13.2 Å². The van der Waals surface area contributed by atoms with E-state index in [9.17, 15) is 13.2 Å². The van der Waals surface area contributed by atoms with Gasteiger partial charge >= 0.3 is 6.18 Å². The first-order valence-corrected chi connectivity index (χ1v) is 4.85. The third-order valence-corrected chi connectivity index (χ3v) is 2.35. The van der Waals surface area contributed by atoms with Gasteiger partial charge in [0.25, 0.3) is 0 Å². The molecule has 14 heavy (non-hydrogen) atoms. The molecule has 0 unspecified atom stereocenters. The van der Waals surface area contributed by atoms with Gasteiger partial charge in [-0.2, -0.15) is 13.2 Å². The molecule has 0 fully saturated rings. The number of hydrogen-bond donors (Lipinski definition) is 0. The Balaban J connectivity index is 2.93. The van der Waals surface area contributed by atoms with Crippen LogP contribution in [0.15, 0.2) is 29.3 Å². The molecule has 5 heteroatoms. The molecule has 1 aromatic carbocycles. The average molecular weight is 313 g/mol. The Morgan fingerprint density at radius 3 is 2.14 bits per heavy atom. The van der Waals surface area contributed by atoms with Crippen LogP contribution < -0.4 is 0 Å². The molecule has 0 aliphatic rings. The minimum Gasteiger partial charge on any atom is -0.238 e. The Kier molecular flexibility index (Phi) is 3.52. The predicted octanol–water partition coefficient (Wildman–Crippen LogP) is 4.02. The maximum atomic E-state index is 12.1. The molecule has 0 bridgehead atoms. The number of aryl methyl sites for hydroxylation is 1. The molecule has 0 amide bonds. The van der Waals surface area contributed by atoms with Crippen molar-refractivity contribution in [1.29, 1.82) is 0 Å². The van der Waals surface area contributed by atoms with Crippen LogP contribution in [0.3, 0.4) is 0 Å². The third-order valence-electron chi connectivity index (χ3n) is 1.50. The van der Waals surface area contributed by atoms with Gasteiger partial charge in [-0.05, 0) is 41.6 Å². The summed E-state index contributed by atoms with van der Waals surface area (Å²) in [5.41, 5.74) is 1.31. The fourth-order valence-corrected chi connectivity index (χ4v) is 1.07. The number of alkyl halides is 3. The molecule has 1 rings (SSSR count). The van der Waals surface area contributed by atoms with Gasteiger partial charge in [0.2, 0.25) is 0 Å². The lowest BCUT2D eigenvalue weighted by Gasteiger charge is -2.03. The maximum absolute atomic E-state index is 12.1. The van der Waals surface area contributed by atoms with Gasteiger partial charge in [0.15, 0.2) is 3.72 Å². The SMILES string of the molecule is Cc1ccc(N=C(I)C(F)(F)F)cc1. The highest BCUT2D eigenvalue weighted by atomic mass is 127. The summed E-state index contributed by atoms with van der Waals surface area (Å²) < 4.78 is 35.4. The minimum atomic E-state index is -4.36. The van der Waals surface area contributed by atoms with E-state index in [4.69, 9.17) is 0 Å². The van der Waals surface area contributed by atoms with Crippen LogP contribution in [0.4, 0.5) is 18.9 Å². The van der Waals surface area contributed by atoms with Gasteiger partial charge in [-0.15, -0.1) is 0 Å². The molecule has 0 saturated carbocycles. The summed E-state index contributed by atoms with van der Waals surface area (Å²) in [5, 5.41) is 0. The van der Waals surface area contributed by atoms with Crippen molar-refractivity contribution >= 4 is 32.0 Å². The zero-order valence-corrected chi connectivity index (χ0v) is 9.43. The average Bonchev–Trinajstić information content (AvgIpc) is 2.07. The van der Waals surface area contributed by atoms with E-state index in [0.29, 0.717) is 5.69 Å². The minimum absolute atomic E-state index is 0.317. The van der Waals surface area contributed by atoms with Gasteiger partial charge < -0.3 is 0 Å². The second-order valence-corrected chi connectivity index (χ2v) is 3.76. The second-order valence-electron chi connectivity index (χ2n) is 2.74. The van der Waals surface area contributed by atoms with Crippen LogP contribution in [0.5, 0.6) is 0 Å². The Bertz CT molecular complexity index is 340. The lowest BCUT2D eigenvalue weighted by Crippen LogP contribution is -2.15. The summed E-state index contributed by atoms with van der Waals surface area (Å²) in [6.07, 6.45) is -4.36. The van der Waals surface area contributed by atoms with E-state index in [1.54, 1.807) is 24.3 Å². The van der Waals surface area contributed by atoms with Crippen LogP contribution in [-0.4, -0.2) is 9.89 Å². The van der Waals surface area contributed by atoms with E-state index < -0.39 is 9.89 Å². The Labute approximate surface area is 93.2 Å². The summed E-state index contributed by atoms with van der Waals surface area (Å²) in [6.45, 7) is 1.86. The fourth-order valence-electron chi connectivity index (χ4n) is 0.796. The summed E-state index contributed by atoms with van der Waals surface area (Å²) in [6, 6.07) is 6.55. The Hall–Kier alpha value is -0.590. The number of hydrogen-bond acceptors (Lipinski definition) is 1. The molecule has 1 nitrogen and oxygen atoms in total. The molecule has 0 aliphatic carbocycles. The molecular weight excluding hydrogens is 306 g/mol. The molecule has 0 atom stereocenters. The van der Waals surface area contributed by atoms with Gasteiger partial charge in [0.1, 0.15) is 0 Å². The van der Waals surface area contributed by atoms with Crippen molar-refractivity contribution in [3.63, 3.8) is 0 Å². The largest absolute Gasteiger partial charge is 0.439 e. The Morgan fingerprint density at radius 2 is 1.71 bits per heavy atom. The standard InChI is InChI=1S/C9H7F3IN/c1-6-2-4-7(5-3-6)14-8(13)9(10,11)12/h2-5H,1H3. The summed E-state index contributed by atoms with van der Waals surface area (Å²) in [4.78, 5) is 3.45. The first kappa shape index (κ1) is 11.5. The van der Waals surface area contributed by atoms with E-state index in [1.165, 1.54) is 22.6 Å². The molecule has 0 heterocycles. The van der Waals surface area contributed by atoms with Crippen molar-refractivity contribution in [2.24, 2.45) is 4.99 Å². The van der Waals surface area contributed by atoms with E-state index in [2.05, 4.69) is 4.99 Å². The van der Waals surface area contributed by atoms with E-state index in [0.717, 1.165) is 5.56 Å². The highest BCUT2D eigenvalue weighted by Gasteiger charge is 2.33. The highest BCUT2D eigenvalue weighted by molar-refractivity contribution is 14.1. The van der Waals surface area contributed by atoms with Crippen LogP contribution in [0.1, 0.15) is 5.56 Å². The first-order valence-electron chi connectivity index (χ1n) is 3.77. The molecule has 1 aromatic rings. The van der Waals surface area contributed by atoms with Gasteiger partial charge in [-0.25, -0.2) is 4.99 Å². The molecule has 0 saturated heterocycles. The molecule has 76 valence electrons. The van der Waals surface area contributed by atoms with Crippen molar-refractivity contribution in [2.45, 2.75) is 13.1 Å². The van der Waals surface area contributed by atoms with Gasteiger partial charge in [0, 0.05) is 0 Å². The van der Waals surface area contributed by atoms with E-state index in [1.807, 2.05) is 6.92 Å². The zero-order valence-electron chi connectivity index (χ0n) is 7.27. The van der Waals surface area contributed by atoms with Gasteiger partial charge in [0.05, 0.1) is 5.69 Å². The number of benzene rings is 1. The monoisotopic (exact) mass is 313 g/mol. The van der Waals surface area contributed by atoms with Crippen molar-refractivity contribution in [3.05, 3.63) is 29.8 Å². The molecule has 0 spiro atoms. The topological polar surface area (TPSA) is 12.4 Å². The first-order chi connectivity index (χ1) is 6.39. The van der Waals surface area contributed by atoms with Gasteiger partial charge in [-0.3, -0.25) is 0 Å². The molecule has 0 radical (unpaired) electrons. The third kappa shape index (κ3) is 3.28. The smallest absolute Gasteiger partial charge is 0.238 e. The van der Waals surface area contributed by atoms with Gasteiger partial charge in [-0.1, -0.05) is 17.7 Å². The molecule has 0 aliphatic heterocycles. The van der Waals surface area contributed by atoms with Crippen molar-refractivity contribution in [2.75, 3.05) is 0 Å². The maximum Gasteiger partial charge on any atom is 0.439 e. The second kappa shape index (κ2) is 4.29. The van der Waals surface area contributed by atoms with Crippen LogP contribution in [-0.2, 0) is 0 Å². The number of rotatable bonds is 1. The number of aliphatic imine (C=N–C) groups is 1. The van der Waals surface area contributed by atoms with Crippen LogP contribution in [0, 0.1) is 6.92 Å². The molecule has 0 N–H and O–H groups in total. The molecular formula is C9H7F3IN. The normalized spacial score (nSPS) is 13.1. The van der Waals surface area contributed by atoms with Crippen molar-refractivity contribution in [3.8, 4) is 0 Å². The lowest BCUT2D eigenvalue weighted by molar-refractivity contribution is -0.0544. The van der Waals surface area contributed by atoms with Crippen LogP contribution >= 0.6 is 22.6 Å². The lowest BCUT2D eigenvalue weighted by atomic mass is 10.2. The fraction of sp³-hybridized carbons (Fsp3) is 0.222. The quantitative estimate of drug-likeness (QED) is 0.548. The van der Waals surface area contributed by atoms with E-state index in [-0.39, 0.29) is 0 Å². The van der Waals surface area contributed by atoms with Crippen molar-refractivity contribution in [1.82, 2.24) is 0 Å². The zero-order chi connectivity index (χ0) is 10.8. The predicted molar refractivity (Wildman–Crippen MR) is 58.3 cm³/mol. The van der Waals surface area contributed by atoms with E-state index >= 15 is 0 Å². The molecule has 0 aromatic heterocycles. The number of nitrogens with zero attached hydrogens (tertiary/aromatic N) is 1. The Morgan fingerprint density at radius 1 is 1.21 bits per heavy atom. The van der Waals surface area contributed by atoms with Crippen LogP contribution in [0.25, 0.3) is 0 Å². The van der Waals surface area contributed by atoms with Crippen LogP contribution in [0.2, 0.25) is 0 Å². The summed E-state index contributed by atoms with van der Waals surface area (Å²) >= 11 is 1.19. The highest BCUT2D eigenvalue weighted by Crippen LogP contribution is 2.25. The summed E-state index contributed by atoms with van der Waals surface area (Å²) in [5.74, 6) is 0.